The number of nitrogens with zero attached hydrogens (tertiary/aromatic N) is 2. The number of ether oxygens (including phenoxy) is 1. The molecule has 0 saturated carbocycles. The monoisotopic (exact) mass is 652 g/mol. The minimum atomic E-state index is -4.11. The molecule has 0 saturated heterocycles. The standard InChI is InChI=1S/C36H33N2O8P/c1-3-26-27-17-25(46-47(42,44-20-23-11-7-5-8-12-23)45-21-24-13-9-6-10-14-24)15-16-31(27)37-33-28(26)19-38-32(33)18-30-29(34(38)39)22-43-35(40)36(30,41)4-2/h5-18,41H,3-4,19-22H2,1-2H3/t36-/m0/s1. The average Bonchev–Trinajstić information content (AvgIpc) is 3.47. The Kier molecular flexibility index (Phi) is 8.06. The van der Waals surface area contributed by atoms with E-state index in [0.717, 1.165) is 27.6 Å². The van der Waals surface area contributed by atoms with Gasteiger partial charge in [-0.1, -0.05) is 74.5 Å². The molecule has 240 valence electrons. The van der Waals surface area contributed by atoms with Gasteiger partial charge in [0.25, 0.3) is 5.56 Å². The molecule has 0 fully saturated rings. The molecule has 2 aliphatic rings. The van der Waals surface area contributed by atoms with E-state index in [1.165, 1.54) is 0 Å². The van der Waals surface area contributed by atoms with Crippen molar-refractivity contribution < 1.29 is 32.8 Å². The summed E-state index contributed by atoms with van der Waals surface area (Å²) in [5.41, 5.74) is 3.54. The third-order valence-electron chi connectivity index (χ3n) is 8.81. The number of benzene rings is 3. The molecule has 3 aromatic carbocycles. The first-order valence-electron chi connectivity index (χ1n) is 15.5. The number of hydrogen-bond donors (Lipinski definition) is 1. The largest absolute Gasteiger partial charge is 0.530 e. The van der Waals surface area contributed by atoms with Gasteiger partial charge in [0.15, 0.2) is 5.60 Å². The Morgan fingerprint density at radius 3 is 2.19 bits per heavy atom. The van der Waals surface area contributed by atoms with Crippen molar-refractivity contribution in [3.05, 3.63) is 129 Å². The summed E-state index contributed by atoms with van der Waals surface area (Å²) in [6.07, 6.45) is 0.678. The molecule has 0 spiro atoms. The van der Waals surface area contributed by atoms with Crippen LogP contribution in [-0.2, 0) is 61.5 Å². The number of fused-ring (bicyclic) bond motifs is 5. The van der Waals surface area contributed by atoms with Gasteiger partial charge >= 0.3 is 13.8 Å². The molecule has 0 bridgehead atoms. The van der Waals surface area contributed by atoms with Crippen LogP contribution >= 0.6 is 7.82 Å². The third-order valence-corrected chi connectivity index (χ3v) is 10.1. The first-order valence-corrected chi connectivity index (χ1v) is 17.0. The van der Waals surface area contributed by atoms with Gasteiger partial charge < -0.3 is 18.9 Å². The van der Waals surface area contributed by atoms with E-state index in [9.17, 15) is 19.3 Å². The maximum atomic E-state index is 14.0. The number of hydrogen-bond acceptors (Lipinski definition) is 9. The summed E-state index contributed by atoms with van der Waals surface area (Å²) >= 11 is 0. The lowest BCUT2D eigenvalue weighted by molar-refractivity contribution is -0.172. The molecule has 5 aromatic rings. The lowest BCUT2D eigenvalue weighted by Crippen LogP contribution is -2.44. The van der Waals surface area contributed by atoms with Gasteiger partial charge in [0, 0.05) is 16.5 Å². The molecule has 0 unspecified atom stereocenters. The van der Waals surface area contributed by atoms with Crippen molar-refractivity contribution in [3.8, 4) is 17.1 Å². The lowest BCUT2D eigenvalue weighted by Gasteiger charge is -2.31. The fraction of sp³-hybridized carbons (Fsp3) is 0.250. The zero-order chi connectivity index (χ0) is 32.8. The highest BCUT2D eigenvalue weighted by atomic mass is 31.2. The Balaban J connectivity index is 1.25. The summed E-state index contributed by atoms with van der Waals surface area (Å²) in [7, 11) is -4.11. The van der Waals surface area contributed by atoms with Crippen LogP contribution in [0.15, 0.2) is 89.7 Å². The second kappa shape index (κ2) is 12.2. The van der Waals surface area contributed by atoms with E-state index in [0.29, 0.717) is 23.3 Å². The number of esters is 1. The summed E-state index contributed by atoms with van der Waals surface area (Å²) in [6.45, 7) is 3.81. The molecular formula is C36H33N2O8P. The van der Waals surface area contributed by atoms with Crippen LogP contribution in [0.25, 0.3) is 22.3 Å². The first kappa shape index (κ1) is 31.0. The molecule has 2 aromatic heterocycles. The summed E-state index contributed by atoms with van der Waals surface area (Å²) < 4.78 is 38.5. The van der Waals surface area contributed by atoms with E-state index in [-0.39, 0.29) is 55.2 Å². The predicted octanol–water partition coefficient (Wildman–Crippen LogP) is 6.56. The number of carbonyl (C=O) groups excluding carboxylic acids is 1. The number of aryl methyl sites for hydroxylation is 1. The van der Waals surface area contributed by atoms with E-state index in [1.807, 2.05) is 67.6 Å². The first-order chi connectivity index (χ1) is 22.7. The van der Waals surface area contributed by atoms with Crippen molar-refractivity contribution in [2.75, 3.05) is 0 Å². The van der Waals surface area contributed by atoms with E-state index in [1.54, 1.807) is 35.8 Å². The zero-order valence-corrected chi connectivity index (χ0v) is 26.9. The van der Waals surface area contributed by atoms with Gasteiger partial charge in [0.05, 0.1) is 42.2 Å². The Hall–Kier alpha value is -4.60. The van der Waals surface area contributed by atoms with Crippen LogP contribution in [-0.4, -0.2) is 20.6 Å². The summed E-state index contributed by atoms with van der Waals surface area (Å²) in [5, 5.41) is 12.0. The molecule has 0 amide bonds. The molecule has 1 N–H and O–H groups in total. The normalized spacial score (nSPS) is 16.8. The molecule has 1 atom stereocenters. The predicted molar refractivity (Wildman–Crippen MR) is 175 cm³/mol. The fourth-order valence-corrected chi connectivity index (χ4v) is 7.44. The SMILES string of the molecule is CCc1c2c(nc3ccc(OP(=O)(OCc4ccccc4)OCc4ccccc4)cc13)-c1cc3c(c(=O)n1C2)COC(=O)[C@]3(O)CC. The highest BCUT2D eigenvalue weighted by Crippen LogP contribution is 2.51. The number of cyclic esters (lactones) is 1. The average molecular weight is 653 g/mol. The molecule has 7 rings (SSSR count). The van der Waals surface area contributed by atoms with Crippen molar-refractivity contribution in [1.82, 2.24) is 9.55 Å². The van der Waals surface area contributed by atoms with Crippen molar-refractivity contribution in [2.45, 2.75) is 58.7 Å². The maximum absolute atomic E-state index is 14.0. The Labute approximate surface area is 271 Å². The van der Waals surface area contributed by atoms with Gasteiger partial charge in [-0.3, -0.25) is 13.8 Å². The molecule has 2 aliphatic heterocycles. The highest BCUT2D eigenvalue weighted by Gasteiger charge is 2.45. The minimum absolute atomic E-state index is 0.0243. The van der Waals surface area contributed by atoms with Gasteiger partial charge in [-0.25, -0.2) is 14.3 Å². The Morgan fingerprint density at radius 1 is 0.915 bits per heavy atom. The topological polar surface area (TPSA) is 126 Å². The second-order valence-corrected chi connectivity index (χ2v) is 13.2. The number of aliphatic hydroxyl groups is 1. The zero-order valence-electron chi connectivity index (χ0n) is 26.0. The molecule has 47 heavy (non-hydrogen) atoms. The lowest BCUT2D eigenvalue weighted by atomic mass is 9.86. The van der Waals surface area contributed by atoms with Crippen LogP contribution < -0.4 is 10.1 Å². The van der Waals surface area contributed by atoms with Crippen LogP contribution in [0.2, 0.25) is 0 Å². The molecule has 0 aliphatic carbocycles. The van der Waals surface area contributed by atoms with Crippen molar-refractivity contribution in [1.29, 1.82) is 0 Å². The number of phosphoric ester groups is 1. The van der Waals surface area contributed by atoms with Gasteiger partial charge in [0.1, 0.15) is 12.4 Å². The summed E-state index contributed by atoms with van der Waals surface area (Å²) in [5.74, 6) is -0.480. The maximum Gasteiger partial charge on any atom is 0.530 e. The van der Waals surface area contributed by atoms with E-state index < -0.39 is 19.4 Å². The number of aromatic nitrogens is 2. The number of phosphoric acid groups is 1. The van der Waals surface area contributed by atoms with Crippen LogP contribution in [0.3, 0.4) is 0 Å². The minimum Gasteiger partial charge on any atom is -0.458 e. The fourth-order valence-electron chi connectivity index (χ4n) is 6.28. The quantitative estimate of drug-likeness (QED) is 0.129. The molecule has 0 radical (unpaired) electrons. The Morgan fingerprint density at radius 2 is 1.57 bits per heavy atom. The van der Waals surface area contributed by atoms with Gasteiger partial charge in [-0.15, -0.1) is 0 Å². The van der Waals surface area contributed by atoms with Crippen LogP contribution in [0.1, 0.15) is 53.6 Å². The molecule has 4 heterocycles. The molecule has 11 heteroatoms. The van der Waals surface area contributed by atoms with E-state index >= 15 is 0 Å². The van der Waals surface area contributed by atoms with Crippen molar-refractivity contribution in [3.63, 3.8) is 0 Å². The number of pyridine rings is 2. The van der Waals surface area contributed by atoms with E-state index in [4.69, 9.17) is 23.3 Å². The smallest absolute Gasteiger partial charge is 0.458 e. The van der Waals surface area contributed by atoms with Crippen LogP contribution in [0, 0.1) is 0 Å². The number of carbonyl (C=O) groups is 1. The van der Waals surface area contributed by atoms with Gasteiger partial charge in [-0.05, 0) is 53.8 Å². The molecular weight excluding hydrogens is 619 g/mol. The van der Waals surface area contributed by atoms with Gasteiger partial charge in [0.2, 0.25) is 0 Å². The highest BCUT2D eigenvalue weighted by molar-refractivity contribution is 7.48. The van der Waals surface area contributed by atoms with Crippen LogP contribution in [0.5, 0.6) is 5.75 Å². The Bertz CT molecular complexity index is 2070. The van der Waals surface area contributed by atoms with E-state index in [2.05, 4.69) is 0 Å². The summed E-state index contributed by atoms with van der Waals surface area (Å²) in [4.78, 5) is 31.2. The summed E-state index contributed by atoms with van der Waals surface area (Å²) in [6, 6.07) is 25.6. The molecule has 10 nitrogen and oxygen atoms in total. The number of rotatable bonds is 10. The second-order valence-electron chi connectivity index (χ2n) is 11.6. The van der Waals surface area contributed by atoms with Crippen molar-refractivity contribution in [2.24, 2.45) is 0 Å². The third kappa shape index (κ3) is 5.57. The van der Waals surface area contributed by atoms with Crippen LogP contribution in [0.4, 0.5) is 0 Å². The van der Waals surface area contributed by atoms with Crippen molar-refractivity contribution >= 4 is 24.7 Å². The van der Waals surface area contributed by atoms with Gasteiger partial charge in [-0.2, -0.15) is 0 Å².